The second kappa shape index (κ2) is 15.9. The molecular weight excluding hydrogens is 654 g/mol. The van der Waals surface area contributed by atoms with E-state index in [1.165, 1.54) is 5.56 Å². The largest absolute Gasteiger partial charge is 0.492 e. The molecule has 0 bridgehead atoms. The number of aliphatic carboxylic acids is 2. The van der Waals surface area contributed by atoms with Crippen molar-refractivity contribution in [2.45, 2.75) is 18.8 Å². The van der Waals surface area contributed by atoms with Crippen LogP contribution in [0.2, 0.25) is 0 Å². The van der Waals surface area contributed by atoms with Crippen LogP contribution >= 0.6 is 15.9 Å². The second-order valence-corrected chi connectivity index (χ2v) is 9.54. The zero-order chi connectivity index (χ0) is 32.2. The van der Waals surface area contributed by atoms with E-state index in [4.69, 9.17) is 24.5 Å². The van der Waals surface area contributed by atoms with Crippen molar-refractivity contribution in [3.8, 4) is 17.1 Å². The summed E-state index contributed by atoms with van der Waals surface area (Å²) in [6.45, 7) is 2.56. The monoisotopic (exact) mass is 678 g/mol. The van der Waals surface area contributed by atoms with Crippen molar-refractivity contribution >= 4 is 39.0 Å². The standard InChI is InChI=1S/C23H23BrN4O.2C2HF3O2/c1-28(12-11-17-5-3-2-4-6-17)13-14-29-20-9-7-18(8-10-20)22-26-21-15-19(24)16-25-23(21)27-22;2*3-2(4,5)1(6)7/h2-10,15-16H,11-14H2,1H3,(H,25,26,27);2*(H,6,7). The number of pyridine rings is 1. The van der Waals surface area contributed by atoms with Crippen LogP contribution in [0.1, 0.15) is 5.56 Å². The molecule has 0 amide bonds. The van der Waals surface area contributed by atoms with Crippen LogP contribution in [0.5, 0.6) is 5.75 Å². The predicted octanol–water partition coefficient (Wildman–Crippen LogP) is 6.21. The van der Waals surface area contributed by atoms with Crippen LogP contribution in [-0.2, 0) is 16.0 Å². The number of rotatable bonds is 8. The van der Waals surface area contributed by atoms with Crippen molar-refractivity contribution in [3.63, 3.8) is 0 Å². The fourth-order valence-electron chi connectivity index (χ4n) is 3.12. The van der Waals surface area contributed by atoms with Gasteiger partial charge in [-0.2, -0.15) is 26.3 Å². The fraction of sp³-hybridized carbons (Fsp3) is 0.259. The number of halogens is 7. The van der Waals surface area contributed by atoms with Crippen LogP contribution < -0.4 is 4.74 Å². The van der Waals surface area contributed by atoms with Crippen LogP contribution in [0.4, 0.5) is 26.3 Å². The lowest BCUT2D eigenvalue weighted by atomic mass is 10.1. The zero-order valence-corrected chi connectivity index (χ0v) is 23.9. The summed E-state index contributed by atoms with van der Waals surface area (Å²) in [5.74, 6) is -3.85. The number of fused-ring (bicyclic) bond motifs is 1. The maximum atomic E-state index is 10.6. The third kappa shape index (κ3) is 12.7. The molecule has 0 fully saturated rings. The van der Waals surface area contributed by atoms with E-state index in [0.29, 0.717) is 12.3 Å². The number of aromatic nitrogens is 3. The predicted molar refractivity (Wildman–Crippen MR) is 148 cm³/mol. The Morgan fingerprint density at radius 1 is 0.930 bits per heavy atom. The Kier molecular flexibility index (Phi) is 12.9. The summed E-state index contributed by atoms with van der Waals surface area (Å²) in [6, 6.07) is 20.5. The van der Waals surface area contributed by atoms with E-state index in [1.807, 2.05) is 30.3 Å². The first-order valence-corrected chi connectivity index (χ1v) is 12.9. The van der Waals surface area contributed by atoms with Crippen molar-refractivity contribution in [3.05, 3.63) is 76.9 Å². The quantitative estimate of drug-likeness (QED) is 0.188. The van der Waals surface area contributed by atoms with Gasteiger partial charge in [-0.25, -0.2) is 19.6 Å². The van der Waals surface area contributed by atoms with Gasteiger partial charge in [0.15, 0.2) is 5.65 Å². The highest BCUT2D eigenvalue weighted by molar-refractivity contribution is 9.10. The Balaban J connectivity index is 0.000000384. The number of imidazole rings is 1. The topological polar surface area (TPSA) is 129 Å². The molecule has 0 aliphatic carbocycles. The van der Waals surface area contributed by atoms with E-state index >= 15 is 0 Å². The van der Waals surface area contributed by atoms with Gasteiger partial charge in [0.05, 0.1) is 5.52 Å². The molecule has 0 radical (unpaired) electrons. The van der Waals surface area contributed by atoms with Gasteiger partial charge in [-0.3, -0.25) is 0 Å². The molecule has 0 spiro atoms. The number of benzene rings is 2. The lowest BCUT2D eigenvalue weighted by Crippen LogP contribution is -2.26. The molecule has 0 aliphatic rings. The summed E-state index contributed by atoms with van der Waals surface area (Å²) in [5, 5.41) is 14.2. The number of nitrogens with zero attached hydrogens (tertiary/aromatic N) is 3. The van der Waals surface area contributed by atoms with E-state index in [2.05, 4.69) is 73.2 Å². The van der Waals surface area contributed by atoms with Gasteiger partial charge in [-0.1, -0.05) is 30.3 Å². The Bertz CT molecular complexity index is 1440. The van der Waals surface area contributed by atoms with E-state index in [1.54, 1.807) is 6.20 Å². The summed E-state index contributed by atoms with van der Waals surface area (Å²) in [4.78, 5) is 32.3. The number of likely N-dealkylation sites (N-methyl/N-ethyl adjacent to an activating group) is 1. The van der Waals surface area contributed by atoms with Gasteiger partial charge >= 0.3 is 24.3 Å². The van der Waals surface area contributed by atoms with E-state index in [9.17, 15) is 26.3 Å². The molecule has 2 aromatic heterocycles. The maximum Gasteiger partial charge on any atom is 0.490 e. The third-order valence-electron chi connectivity index (χ3n) is 5.28. The highest BCUT2D eigenvalue weighted by Crippen LogP contribution is 2.23. The molecule has 232 valence electrons. The summed E-state index contributed by atoms with van der Waals surface area (Å²) < 4.78 is 70.3. The first kappa shape index (κ1) is 35.0. The minimum Gasteiger partial charge on any atom is -0.492 e. The Hall–Kier alpha value is -4.18. The fourth-order valence-corrected chi connectivity index (χ4v) is 3.45. The van der Waals surface area contributed by atoms with Gasteiger partial charge < -0.3 is 24.8 Å². The zero-order valence-electron chi connectivity index (χ0n) is 22.3. The number of carboxylic acids is 2. The highest BCUT2D eigenvalue weighted by Gasteiger charge is 2.38. The molecule has 4 aromatic rings. The lowest BCUT2D eigenvalue weighted by Gasteiger charge is -2.17. The number of carbonyl (C=O) groups is 2. The molecule has 4 rings (SSSR count). The van der Waals surface area contributed by atoms with Gasteiger partial charge in [-0.05, 0) is 65.3 Å². The summed E-state index contributed by atoms with van der Waals surface area (Å²) in [6.07, 6.45) is -7.37. The number of hydrogen-bond acceptors (Lipinski definition) is 6. The number of carboxylic acid groups (broad SMARTS) is 2. The molecule has 0 unspecified atom stereocenters. The highest BCUT2D eigenvalue weighted by atomic mass is 79.9. The lowest BCUT2D eigenvalue weighted by molar-refractivity contribution is -0.193. The molecule has 43 heavy (non-hydrogen) atoms. The molecule has 16 heteroatoms. The molecule has 0 saturated heterocycles. The van der Waals surface area contributed by atoms with Crippen LogP contribution in [-0.4, -0.2) is 81.1 Å². The Labute approximate surface area is 249 Å². The molecule has 0 aliphatic heterocycles. The SMILES string of the molecule is CN(CCOc1ccc(-c2nc3ncc(Br)cc3[nH]2)cc1)CCc1ccccc1.O=C(O)C(F)(F)F.O=C(O)C(F)(F)F. The average Bonchev–Trinajstić information content (AvgIpc) is 3.36. The van der Waals surface area contributed by atoms with Gasteiger partial charge in [0.25, 0.3) is 0 Å². The average molecular weight is 679 g/mol. The van der Waals surface area contributed by atoms with Gasteiger partial charge in [-0.15, -0.1) is 0 Å². The number of nitrogens with one attached hydrogen (secondary N) is 1. The van der Waals surface area contributed by atoms with Crippen molar-refractivity contribution in [2.24, 2.45) is 0 Å². The van der Waals surface area contributed by atoms with Gasteiger partial charge in [0.1, 0.15) is 18.2 Å². The first-order valence-electron chi connectivity index (χ1n) is 12.1. The molecule has 9 nitrogen and oxygen atoms in total. The number of aromatic amines is 1. The summed E-state index contributed by atoms with van der Waals surface area (Å²) in [7, 11) is 2.13. The first-order chi connectivity index (χ1) is 20.1. The second-order valence-electron chi connectivity index (χ2n) is 8.63. The smallest absolute Gasteiger partial charge is 0.490 e. The van der Waals surface area contributed by atoms with E-state index < -0.39 is 24.3 Å². The maximum absolute atomic E-state index is 10.6. The molecule has 0 atom stereocenters. The van der Waals surface area contributed by atoms with Crippen molar-refractivity contribution in [2.75, 3.05) is 26.7 Å². The molecule has 0 saturated carbocycles. The Morgan fingerprint density at radius 2 is 1.49 bits per heavy atom. The molecule has 3 N–H and O–H groups in total. The van der Waals surface area contributed by atoms with Crippen LogP contribution in [0.25, 0.3) is 22.6 Å². The van der Waals surface area contributed by atoms with Crippen molar-refractivity contribution in [1.82, 2.24) is 19.9 Å². The summed E-state index contributed by atoms with van der Waals surface area (Å²) in [5.41, 5.74) is 3.99. The summed E-state index contributed by atoms with van der Waals surface area (Å²) >= 11 is 3.43. The van der Waals surface area contributed by atoms with Crippen LogP contribution in [0, 0.1) is 0 Å². The van der Waals surface area contributed by atoms with Crippen LogP contribution in [0.15, 0.2) is 71.3 Å². The normalized spacial score (nSPS) is 11.3. The van der Waals surface area contributed by atoms with E-state index in [0.717, 1.165) is 46.6 Å². The van der Waals surface area contributed by atoms with Crippen molar-refractivity contribution in [1.29, 1.82) is 0 Å². The number of hydrogen-bond donors (Lipinski definition) is 3. The minimum absolute atomic E-state index is 0.660. The number of alkyl halides is 6. The number of H-pyrrole nitrogens is 1. The number of ether oxygens (including phenoxy) is 1. The third-order valence-corrected chi connectivity index (χ3v) is 5.72. The van der Waals surface area contributed by atoms with Gasteiger partial charge in [0, 0.05) is 29.3 Å². The Morgan fingerprint density at radius 3 is 2.02 bits per heavy atom. The van der Waals surface area contributed by atoms with Gasteiger partial charge in [0.2, 0.25) is 0 Å². The minimum atomic E-state index is -5.08. The molecule has 2 heterocycles. The molecular formula is C27H25BrF6N4O5. The van der Waals surface area contributed by atoms with E-state index in [-0.39, 0.29) is 0 Å². The van der Waals surface area contributed by atoms with Crippen LogP contribution in [0.3, 0.4) is 0 Å². The van der Waals surface area contributed by atoms with Crippen molar-refractivity contribution < 1.29 is 50.9 Å². The molecule has 2 aromatic carbocycles.